The molecule has 2 amide bonds. The van der Waals surface area contributed by atoms with Crippen LogP contribution in [0.4, 0.5) is 11.4 Å². The molecule has 0 aliphatic carbocycles. The number of thiophene rings is 1. The Morgan fingerprint density at radius 3 is 2.56 bits per heavy atom. The van der Waals surface area contributed by atoms with Crippen LogP contribution in [0.2, 0.25) is 0 Å². The Hall–Kier alpha value is -3.98. The number of carbonyl (C=O) groups is 2. The lowest BCUT2D eigenvalue weighted by Crippen LogP contribution is -2.28. The van der Waals surface area contributed by atoms with Gasteiger partial charge in [-0.25, -0.2) is 4.98 Å². The minimum atomic E-state index is -0.370. The first-order valence-electron chi connectivity index (χ1n) is 10.6. The van der Waals surface area contributed by atoms with Crippen molar-refractivity contribution in [3.63, 3.8) is 0 Å². The fraction of sp³-hybridized carbons (Fsp3) is 0.200. The van der Waals surface area contributed by atoms with Crippen LogP contribution in [0.5, 0.6) is 5.75 Å². The smallest absolute Gasteiger partial charge is 0.266 e. The molecule has 4 aromatic rings. The van der Waals surface area contributed by atoms with Crippen molar-refractivity contribution in [2.75, 3.05) is 17.7 Å². The summed E-state index contributed by atoms with van der Waals surface area (Å²) in [4.78, 5) is 43.8. The lowest BCUT2D eigenvalue weighted by atomic mass is 10.1. The standard InChI is InChI=1S/C25H24N4O4S/c1-14-9-10-17(15(2)11-14)27-20(30)12-29-13-26-24-21(25(29)32)16(3)22(34-24)23(31)28-18-7-5-6-8-19(18)33-4/h5-11,13H,12H2,1-4H3,(H,27,30)(H,28,31). The Morgan fingerprint density at radius 2 is 1.82 bits per heavy atom. The number of rotatable bonds is 6. The highest BCUT2D eigenvalue weighted by Gasteiger charge is 2.21. The molecule has 0 aliphatic heterocycles. The van der Waals surface area contributed by atoms with E-state index in [-0.39, 0.29) is 23.9 Å². The predicted molar refractivity (Wildman–Crippen MR) is 134 cm³/mol. The normalized spacial score (nSPS) is 10.8. The number of hydrogen-bond donors (Lipinski definition) is 2. The van der Waals surface area contributed by atoms with E-state index in [1.165, 1.54) is 18.0 Å². The number of methoxy groups -OCH3 is 1. The van der Waals surface area contributed by atoms with E-state index < -0.39 is 0 Å². The molecule has 2 N–H and O–H groups in total. The monoisotopic (exact) mass is 476 g/mol. The summed E-state index contributed by atoms with van der Waals surface area (Å²) < 4.78 is 6.54. The van der Waals surface area contributed by atoms with Crippen molar-refractivity contribution in [3.8, 4) is 5.75 Å². The minimum absolute atomic E-state index is 0.187. The number of aryl methyl sites for hydroxylation is 3. The molecule has 34 heavy (non-hydrogen) atoms. The lowest BCUT2D eigenvalue weighted by Gasteiger charge is -2.10. The number of carbonyl (C=O) groups excluding carboxylic acids is 2. The zero-order chi connectivity index (χ0) is 24.4. The van der Waals surface area contributed by atoms with Crippen molar-refractivity contribution in [3.05, 3.63) is 80.7 Å². The van der Waals surface area contributed by atoms with E-state index in [9.17, 15) is 14.4 Å². The first-order chi connectivity index (χ1) is 16.3. The van der Waals surface area contributed by atoms with E-state index in [0.29, 0.717) is 37.8 Å². The highest BCUT2D eigenvalue weighted by atomic mass is 32.1. The number of hydrogen-bond acceptors (Lipinski definition) is 6. The molecule has 0 saturated heterocycles. The van der Waals surface area contributed by atoms with Gasteiger partial charge in [0.2, 0.25) is 5.91 Å². The maximum absolute atomic E-state index is 13.1. The van der Waals surface area contributed by atoms with Gasteiger partial charge in [0.1, 0.15) is 17.1 Å². The number of ether oxygens (including phenoxy) is 1. The second-order valence-electron chi connectivity index (χ2n) is 7.93. The van der Waals surface area contributed by atoms with Gasteiger partial charge < -0.3 is 15.4 Å². The summed E-state index contributed by atoms with van der Waals surface area (Å²) in [5, 5.41) is 6.00. The third kappa shape index (κ3) is 4.55. The van der Waals surface area contributed by atoms with Gasteiger partial charge in [0.15, 0.2) is 0 Å². The number of anilines is 2. The van der Waals surface area contributed by atoms with E-state index in [1.807, 2.05) is 38.1 Å². The average Bonchev–Trinajstić information content (AvgIpc) is 3.15. The molecule has 0 saturated carbocycles. The predicted octanol–water partition coefficient (Wildman–Crippen LogP) is 4.28. The number of benzene rings is 2. The largest absolute Gasteiger partial charge is 0.495 e. The molecule has 0 radical (unpaired) electrons. The molecule has 0 aliphatic rings. The van der Waals surface area contributed by atoms with Gasteiger partial charge >= 0.3 is 0 Å². The molecule has 0 bridgehead atoms. The molecule has 0 unspecified atom stereocenters. The SMILES string of the molecule is COc1ccccc1NC(=O)c1sc2ncn(CC(=O)Nc3ccc(C)cc3C)c(=O)c2c1C. The molecule has 8 nitrogen and oxygen atoms in total. The fourth-order valence-electron chi connectivity index (χ4n) is 3.71. The Balaban J connectivity index is 1.59. The van der Waals surface area contributed by atoms with Crippen molar-refractivity contribution < 1.29 is 14.3 Å². The van der Waals surface area contributed by atoms with Crippen LogP contribution in [0.25, 0.3) is 10.2 Å². The molecule has 0 atom stereocenters. The minimum Gasteiger partial charge on any atom is -0.495 e. The molecule has 2 heterocycles. The van der Waals surface area contributed by atoms with Crippen molar-refractivity contribution in [2.45, 2.75) is 27.3 Å². The van der Waals surface area contributed by atoms with Crippen LogP contribution in [0, 0.1) is 20.8 Å². The molecule has 4 rings (SSSR count). The Kier molecular flexibility index (Phi) is 6.47. The summed E-state index contributed by atoms with van der Waals surface area (Å²) in [6, 6.07) is 12.8. The van der Waals surface area contributed by atoms with Gasteiger partial charge in [-0.2, -0.15) is 0 Å². The highest BCUT2D eigenvalue weighted by Crippen LogP contribution is 2.29. The third-order valence-corrected chi connectivity index (χ3v) is 6.65. The summed E-state index contributed by atoms with van der Waals surface area (Å²) in [6.45, 7) is 5.41. The maximum atomic E-state index is 13.1. The summed E-state index contributed by atoms with van der Waals surface area (Å²) in [7, 11) is 1.53. The summed E-state index contributed by atoms with van der Waals surface area (Å²) in [6.07, 6.45) is 1.34. The number of amides is 2. The van der Waals surface area contributed by atoms with Gasteiger partial charge in [-0.1, -0.05) is 29.8 Å². The highest BCUT2D eigenvalue weighted by molar-refractivity contribution is 7.20. The molecule has 2 aromatic heterocycles. The zero-order valence-electron chi connectivity index (χ0n) is 19.3. The van der Waals surface area contributed by atoms with E-state index in [1.54, 1.807) is 25.1 Å². The maximum Gasteiger partial charge on any atom is 0.266 e. The number of aromatic nitrogens is 2. The van der Waals surface area contributed by atoms with Crippen LogP contribution in [0.15, 0.2) is 53.6 Å². The van der Waals surface area contributed by atoms with Gasteiger partial charge in [0.25, 0.3) is 11.5 Å². The first kappa shape index (κ1) is 23.2. The van der Waals surface area contributed by atoms with Crippen LogP contribution in [-0.4, -0.2) is 28.5 Å². The van der Waals surface area contributed by atoms with Crippen molar-refractivity contribution in [1.29, 1.82) is 0 Å². The van der Waals surface area contributed by atoms with E-state index >= 15 is 0 Å². The van der Waals surface area contributed by atoms with E-state index in [0.717, 1.165) is 22.5 Å². The summed E-state index contributed by atoms with van der Waals surface area (Å²) in [5.41, 5.74) is 3.41. The van der Waals surface area contributed by atoms with E-state index in [2.05, 4.69) is 15.6 Å². The second kappa shape index (κ2) is 9.48. The van der Waals surface area contributed by atoms with Gasteiger partial charge in [0.05, 0.1) is 29.4 Å². The molecule has 0 spiro atoms. The Morgan fingerprint density at radius 1 is 1.06 bits per heavy atom. The molecular formula is C25H24N4O4S. The number of nitrogens with one attached hydrogen (secondary N) is 2. The number of nitrogens with zero attached hydrogens (tertiary/aromatic N) is 2. The van der Waals surface area contributed by atoms with E-state index in [4.69, 9.17) is 4.74 Å². The fourth-order valence-corrected chi connectivity index (χ4v) is 4.75. The molecular weight excluding hydrogens is 452 g/mol. The van der Waals surface area contributed by atoms with Crippen molar-refractivity contribution in [1.82, 2.24) is 9.55 Å². The molecule has 9 heteroatoms. The summed E-state index contributed by atoms with van der Waals surface area (Å²) >= 11 is 1.13. The first-order valence-corrected chi connectivity index (χ1v) is 11.4. The van der Waals surface area contributed by atoms with Crippen LogP contribution in [0.1, 0.15) is 26.4 Å². The third-order valence-electron chi connectivity index (χ3n) is 5.45. The number of fused-ring (bicyclic) bond motifs is 1. The van der Waals surface area contributed by atoms with Crippen LogP contribution >= 0.6 is 11.3 Å². The average molecular weight is 477 g/mol. The number of para-hydroxylation sites is 2. The topological polar surface area (TPSA) is 102 Å². The lowest BCUT2D eigenvalue weighted by molar-refractivity contribution is -0.116. The summed E-state index contributed by atoms with van der Waals surface area (Å²) in [5.74, 6) is -0.161. The molecule has 2 aromatic carbocycles. The zero-order valence-corrected chi connectivity index (χ0v) is 20.1. The molecule has 0 fully saturated rings. The van der Waals surface area contributed by atoms with Gasteiger partial charge in [-0.15, -0.1) is 11.3 Å². The second-order valence-corrected chi connectivity index (χ2v) is 8.93. The quantitative estimate of drug-likeness (QED) is 0.432. The van der Waals surface area contributed by atoms with Crippen molar-refractivity contribution >= 4 is 44.7 Å². The van der Waals surface area contributed by atoms with Crippen molar-refractivity contribution in [2.24, 2.45) is 0 Å². The van der Waals surface area contributed by atoms with Gasteiger partial charge in [-0.05, 0) is 50.1 Å². The van der Waals surface area contributed by atoms with Gasteiger partial charge in [-0.3, -0.25) is 19.0 Å². The van der Waals surface area contributed by atoms with Crippen LogP contribution in [0.3, 0.4) is 0 Å². The molecule has 174 valence electrons. The van der Waals surface area contributed by atoms with Crippen LogP contribution in [-0.2, 0) is 11.3 Å². The van der Waals surface area contributed by atoms with Gasteiger partial charge in [0, 0.05) is 5.69 Å². The Labute approximate surface area is 200 Å². The van der Waals surface area contributed by atoms with Crippen LogP contribution < -0.4 is 20.9 Å². The Bertz CT molecular complexity index is 1470.